The van der Waals surface area contributed by atoms with E-state index < -0.39 is 17.5 Å². The summed E-state index contributed by atoms with van der Waals surface area (Å²) in [5.74, 6) is -0.625. The average molecular weight is 392 g/mol. The van der Waals surface area contributed by atoms with Gasteiger partial charge in [0.1, 0.15) is 12.1 Å². The summed E-state index contributed by atoms with van der Waals surface area (Å²) in [6.07, 6.45) is 5.17. The van der Waals surface area contributed by atoms with Crippen LogP contribution in [0.1, 0.15) is 42.5 Å². The highest BCUT2D eigenvalue weighted by atomic mass is 16.2. The molecule has 0 aliphatic carbocycles. The van der Waals surface area contributed by atoms with Crippen LogP contribution < -0.4 is 5.32 Å². The number of hydrogen-bond acceptors (Lipinski definition) is 4. The number of urea groups is 1. The molecule has 2 aliphatic heterocycles. The molecule has 3 heterocycles. The van der Waals surface area contributed by atoms with Crippen molar-refractivity contribution in [2.24, 2.45) is 0 Å². The van der Waals surface area contributed by atoms with Crippen LogP contribution in [0.4, 0.5) is 4.79 Å². The maximum Gasteiger partial charge on any atom is 0.325 e. The van der Waals surface area contributed by atoms with E-state index in [-0.39, 0.29) is 18.5 Å². The molecule has 2 fully saturated rings. The first kappa shape index (κ1) is 19.1. The second-order valence-electron chi connectivity index (χ2n) is 7.84. The molecule has 0 spiro atoms. The molecular weight excluding hydrogens is 368 g/mol. The molecule has 2 saturated heterocycles. The number of aromatic nitrogens is 1. The Kier molecular flexibility index (Phi) is 4.82. The molecule has 1 aromatic heterocycles. The molecule has 4 rings (SSSR count). The van der Waals surface area contributed by atoms with Gasteiger partial charge in [0, 0.05) is 18.9 Å². The van der Waals surface area contributed by atoms with Gasteiger partial charge in [-0.05, 0) is 49.9 Å². The molecule has 2 aromatic rings. The van der Waals surface area contributed by atoms with Crippen molar-refractivity contribution in [3.63, 3.8) is 0 Å². The summed E-state index contributed by atoms with van der Waals surface area (Å²) in [6.45, 7) is 4.00. The Labute approximate surface area is 169 Å². The molecule has 7 heteroatoms. The topological polar surface area (TPSA) is 82.6 Å². The standard InChI is InChI=1S/C22H24N4O3/c1-15-5-7-17(8-6-15)22(2)20(28)26(21(29)24-22)14-19(27)25-13-3-4-18(25)16-9-11-23-12-10-16/h5-12,18H,3-4,13-14H2,1-2H3,(H,24,29). The quantitative estimate of drug-likeness (QED) is 0.811. The van der Waals surface area contributed by atoms with Gasteiger partial charge in [-0.3, -0.25) is 19.5 Å². The van der Waals surface area contributed by atoms with Crippen LogP contribution in [0, 0.1) is 6.92 Å². The van der Waals surface area contributed by atoms with Crippen LogP contribution in [0.5, 0.6) is 0 Å². The lowest BCUT2D eigenvalue weighted by Crippen LogP contribution is -2.44. The van der Waals surface area contributed by atoms with Crippen molar-refractivity contribution in [3.8, 4) is 0 Å². The van der Waals surface area contributed by atoms with E-state index in [9.17, 15) is 14.4 Å². The first-order valence-corrected chi connectivity index (χ1v) is 9.81. The zero-order chi connectivity index (χ0) is 20.6. The number of carbonyl (C=O) groups excluding carboxylic acids is 3. The normalized spacial score (nSPS) is 24.1. The smallest absolute Gasteiger partial charge is 0.325 e. The number of nitrogens with zero attached hydrogens (tertiary/aromatic N) is 3. The highest BCUT2D eigenvalue weighted by Gasteiger charge is 2.50. The summed E-state index contributed by atoms with van der Waals surface area (Å²) >= 11 is 0. The third-order valence-electron chi connectivity index (χ3n) is 5.86. The number of rotatable bonds is 4. The number of benzene rings is 1. The Balaban J connectivity index is 1.52. The zero-order valence-corrected chi connectivity index (χ0v) is 16.6. The monoisotopic (exact) mass is 392 g/mol. The number of hydrogen-bond donors (Lipinski definition) is 1. The molecule has 4 amide bonds. The van der Waals surface area contributed by atoms with E-state index in [1.54, 1.807) is 24.2 Å². The van der Waals surface area contributed by atoms with Gasteiger partial charge in [0.05, 0.1) is 6.04 Å². The Morgan fingerprint density at radius 1 is 1.17 bits per heavy atom. The van der Waals surface area contributed by atoms with Crippen molar-refractivity contribution in [1.29, 1.82) is 0 Å². The van der Waals surface area contributed by atoms with Crippen molar-refractivity contribution >= 4 is 17.8 Å². The molecule has 1 N–H and O–H groups in total. The molecule has 0 saturated carbocycles. The molecule has 0 radical (unpaired) electrons. The summed E-state index contributed by atoms with van der Waals surface area (Å²) in [7, 11) is 0. The summed E-state index contributed by atoms with van der Waals surface area (Å²) in [4.78, 5) is 45.5. The number of pyridine rings is 1. The largest absolute Gasteiger partial charge is 0.334 e. The van der Waals surface area contributed by atoms with Gasteiger partial charge >= 0.3 is 6.03 Å². The van der Waals surface area contributed by atoms with Gasteiger partial charge in [-0.2, -0.15) is 0 Å². The van der Waals surface area contributed by atoms with Gasteiger partial charge in [0.2, 0.25) is 5.91 Å². The molecule has 7 nitrogen and oxygen atoms in total. The summed E-state index contributed by atoms with van der Waals surface area (Å²) in [5, 5.41) is 2.76. The van der Waals surface area contributed by atoms with E-state index in [1.165, 1.54) is 0 Å². The van der Waals surface area contributed by atoms with Crippen molar-refractivity contribution in [3.05, 3.63) is 65.5 Å². The summed E-state index contributed by atoms with van der Waals surface area (Å²) in [6, 6.07) is 10.7. The van der Waals surface area contributed by atoms with Crippen LogP contribution >= 0.6 is 0 Å². The maximum absolute atomic E-state index is 13.1. The maximum atomic E-state index is 13.1. The van der Waals surface area contributed by atoms with Gasteiger partial charge in [-0.1, -0.05) is 29.8 Å². The predicted octanol–water partition coefficient (Wildman–Crippen LogP) is 2.52. The average Bonchev–Trinajstić information content (AvgIpc) is 3.29. The number of amides is 4. The van der Waals surface area contributed by atoms with Crippen LogP contribution in [0.15, 0.2) is 48.8 Å². The lowest BCUT2D eigenvalue weighted by molar-refractivity contribution is -0.139. The van der Waals surface area contributed by atoms with Crippen molar-refractivity contribution in [2.75, 3.05) is 13.1 Å². The van der Waals surface area contributed by atoms with Crippen LogP contribution in [0.3, 0.4) is 0 Å². The van der Waals surface area contributed by atoms with Crippen molar-refractivity contribution in [2.45, 2.75) is 38.3 Å². The number of nitrogens with one attached hydrogen (secondary N) is 1. The van der Waals surface area contributed by atoms with Crippen LogP contribution in [0.2, 0.25) is 0 Å². The zero-order valence-electron chi connectivity index (χ0n) is 16.6. The molecule has 29 heavy (non-hydrogen) atoms. The Hall–Kier alpha value is -3.22. The highest BCUT2D eigenvalue weighted by molar-refractivity contribution is 6.09. The minimum Gasteiger partial charge on any atom is -0.334 e. The van der Waals surface area contributed by atoms with Gasteiger partial charge < -0.3 is 10.2 Å². The van der Waals surface area contributed by atoms with Gasteiger partial charge in [0.15, 0.2) is 0 Å². The highest BCUT2D eigenvalue weighted by Crippen LogP contribution is 2.33. The summed E-state index contributed by atoms with van der Waals surface area (Å²) < 4.78 is 0. The number of likely N-dealkylation sites (tertiary alicyclic amines) is 1. The van der Waals surface area contributed by atoms with E-state index in [0.29, 0.717) is 12.1 Å². The number of carbonyl (C=O) groups is 3. The van der Waals surface area contributed by atoms with Crippen LogP contribution in [-0.4, -0.2) is 45.7 Å². The molecule has 0 bridgehead atoms. The Morgan fingerprint density at radius 3 is 2.55 bits per heavy atom. The molecule has 150 valence electrons. The van der Waals surface area contributed by atoms with Crippen molar-refractivity contribution in [1.82, 2.24) is 20.1 Å². The van der Waals surface area contributed by atoms with E-state index in [4.69, 9.17) is 0 Å². The van der Waals surface area contributed by atoms with Crippen LogP contribution in [0.25, 0.3) is 0 Å². The number of aryl methyl sites for hydroxylation is 1. The van der Waals surface area contributed by atoms with E-state index >= 15 is 0 Å². The van der Waals surface area contributed by atoms with Crippen molar-refractivity contribution < 1.29 is 14.4 Å². The van der Waals surface area contributed by atoms with E-state index in [1.807, 2.05) is 43.3 Å². The lowest BCUT2D eigenvalue weighted by Gasteiger charge is -2.27. The lowest BCUT2D eigenvalue weighted by atomic mass is 9.91. The number of imide groups is 1. The van der Waals surface area contributed by atoms with Gasteiger partial charge in [-0.25, -0.2) is 4.79 Å². The third-order valence-corrected chi connectivity index (χ3v) is 5.86. The molecule has 2 atom stereocenters. The Bertz CT molecular complexity index is 944. The fourth-order valence-corrected chi connectivity index (χ4v) is 4.15. The molecule has 1 aromatic carbocycles. The molecule has 2 unspecified atom stereocenters. The minimum atomic E-state index is -1.17. The predicted molar refractivity (Wildman–Crippen MR) is 107 cm³/mol. The minimum absolute atomic E-state index is 0.0465. The Morgan fingerprint density at radius 2 is 1.86 bits per heavy atom. The second-order valence-corrected chi connectivity index (χ2v) is 7.84. The molecular formula is C22H24N4O3. The third kappa shape index (κ3) is 3.37. The fraction of sp³-hybridized carbons (Fsp3) is 0.364. The van der Waals surface area contributed by atoms with E-state index in [2.05, 4.69) is 10.3 Å². The first-order valence-electron chi connectivity index (χ1n) is 9.81. The van der Waals surface area contributed by atoms with E-state index in [0.717, 1.165) is 28.9 Å². The fourth-order valence-electron chi connectivity index (χ4n) is 4.15. The second kappa shape index (κ2) is 7.31. The van der Waals surface area contributed by atoms with Gasteiger partial charge in [-0.15, -0.1) is 0 Å². The van der Waals surface area contributed by atoms with Crippen LogP contribution in [-0.2, 0) is 15.1 Å². The van der Waals surface area contributed by atoms with Gasteiger partial charge in [0.25, 0.3) is 5.91 Å². The summed E-state index contributed by atoms with van der Waals surface area (Å²) in [5.41, 5.74) is 1.62. The first-order chi connectivity index (χ1) is 13.9. The molecule has 2 aliphatic rings. The SMILES string of the molecule is Cc1ccc(C2(C)NC(=O)N(CC(=O)N3CCCC3c3ccncc3)C2=O)cc1.